The van der Waals surface area contributed by atoms with Crippen LogP contribution in [0.3, 0.4) is 0 Å². The highest BCUT2D eigenvalue weighted by Crippen LogP contribution is 2.40. The highest BCUT2D eigenvalue weighted by Gasteiger charge is 2.21. The van der Waals surface area contributed by atoms with Gasteiger partial charge in [0.25, 0.3) is 0 Å². The number of fused-ring (bicyclic) bond motifs is 9. The van der Waals surface area contributed by atoms with Crippen molar-refractivity contribution >= 4 is 65.6 Å². The fraction of sp³-hybridized carbons (Fsp3) is 0. The molecule has 0 fully saturated rings. The van der Waals surface area contributed by atoms with Gasteiger partial charge in [-0.3, -0.25) is 4.57 Å². The van der Waals surface area contributed by atoms with E-state index in [1.54, 1.807) is 0 Å². The molecule has 0 radical (unpaired) electrons. The Labute approximate surface area is 326 Å². The molecule has 4 aromatic heterocycles. The van der Waals surface area contributed by atoms with E-state index in [0.717, 1.165) is 82.7 Å². The summed E-state index contributed by atoms with van der Waals surface area (Å²) in [6, 6.07) is 65.7. The highest BCUT2D eigenvalue weighted by molar-refractivity contribution is 6.19. The van der Waals surface area contributed by atoms with Gasteiger partial charge in [0.05, 0.1) is 22.1 Å². The van der Waals surface area contributed by atoms with Crippen LogP contribution < -0.4 is 0 Å². The lowest BCUT2D eigenvalue weighted by atomic mass is 10.0. The van der Waals surface area contributed by atoms with Gasteiger partial charge in [-0.1, -0.05) is 133 Å². The molecule has 6 nitrogen and oxygen atoms in total. The van der Waals surface area contributed by atoms with Gasteiger partial charge in [-0.2, -0.15) is 9.97 Å². The molecule has 0 aliphatic rings. The van der Waals surface area contributed by atoms with E-state index >= 15 is 0 Å². The van der Waals surface area contributed by atoms with E-state index in [0.29, 0.717) is 17.6 Å². The van der Waals surface area contributed by atoms with Crippen molar-refractivity contribution in [3.63, 3.8) is 0 Å². The molecular weight excluding hydrogens is 699 g/mol. The lowest BCUT2D eigenvalue weighted by Crippen LogP contribution is -2.06. The summed E-state index contributed by atoms with van der Waals surface area (Å²) in [7, 11) is 0. The molecule has 8 aromatic carbocycles. The smallest absolute Gasteiger partial charge is 0.238 e. The Hall–Kier alpha value is -7.83. The third-order valence-corrected chi connectivity index (χ3v) is 11.2. The zero-order valence-corrected chi connectivity index (χ0v) is 30.5. The number of aromatic nitrogens is 5. The number of furan rings is 1. The number of benzene rings is 8. The zero-order chi connectivity index (χ0) is 37.5. The van der Waals surface area contributed by atoms with Crippen LogP contribution in [0.4, 0.5) is 0 Å². The Morgan fingerprint density at radius 2 is 0.860 bits per heavy atom. The average Bonchev–Trinajstić information content (AvgIpc) is 3.93. The summed E-state index contributed by atoms with van der Waals surface area (Å²) in [6.45, 7) is 0. The Morgan fingerprint density at radius 1 is 0.316 bits per heavy atom. The predicted octanol–water partition coefficient (Wildman–Crippen LogP) is 13.0. The molecule has 0 N–H and O–H groups in total. The average molecular weight is 730 g/mol. The summed E-state index contributed by atoms with van der Waals surface area (Å²) >= 11 is 0. The highest BCUT2D eigenvalue weighted by atomic mass is 16.3. The molecule has 0 bridgehead atoms. The Balaban J connectivity index is 1.11. The van der Waals surface area contributed by atoms with Gasteiger partial charge < -0.3 is 8.98 Å². The second kappa shape index (κ2) is 12.3. The molecule has 0 saturated heterocycles. The Bertz CT molecular complexity index is 3470. The van der Waals surface area contributed by atoms with Crippen LogP contribution in [-0.4, -0.2) is 24.1 Å². The predicted molar refractivity (Wildman–Crippen MR) is 232 cm³/mol. The first-order valence-electron chi connectivity index (χ1n) is 19.1. The summed E-state index contributed by atoms with van der Waals surface area (Å²) in [5, 5.41) is 6.89. The number of rotatable bonds is 5. The summed E-state index contributed by atoms with van der Waals surface area (Å²) in [4.78, 5) is 15.4. The molecule has 0 amide bonds. The standard InChI is InChI=1S/C51H31N5O/c1-3-14-32(15-4-1)49-52-50(33-16-5-2-6-17-33)54-51(53-49)56-44-24-11-8-21-38(44)41-30-40-37-20-7-10-23-43(37)55(45(40)31-46(41)56)36-19-13-18-34(28-36)35-26-27-48-42(29-35)39-22-9-12-25-47(39)57-48/h1-31H. The van der Waals surface area contributed by atoms with Gasteiger partial charge in [-0.25, -0.2) is 4.98 Å². The van der Waals surface area contributed by atoms with Crippen molar-refractivity contribution in [3.8, 4) is 45.5 Å². The van der Waals surface area contributed by atoms with Crippen LogP contribution in [-0.2, 0) is 0 Å². The van der Waals surface area contributed by atoms with Crippen LogP contribution in [0.1, 0.15) is 0 Å². The van der Waals surface area contributed by atoms with E-state index in [1.807, 2.05) is 72.8 Å². The van der Waals surface area contributed by atoms with Crippen molar-refractivity contribution in [3.05, 3.63) is 188 Å². The fourth-order valence-electron chi connectivity index (χ4n) is 8.55. The third kappa shape index (κ3) is 4.94. The van der Waals surface area contributed by atoms with E-state index in [1.165, 1.54) is 10.8 Å². The van der Waals surface area contributed by atoms with Crippen LogP contribution in [0, 0.1) is 0 Å². The molecular formula is C51H31N5O. The minimum Gasteiger partial charge on any atom is -0.456 e. The fourth-order valence-corrected chi connectivity index (χ4v) is 8.55. The summed E-state index contributed by atoms with van der Waals surface area (Å²) in [5.41, 5.74) is 11.3. The van der Waals surface area contributed by atoms with Crippen molar-refractivity contribution < 1.29 is 4.42 Å². The van der Waals surface area contributed by atoms with Gasteiger partial charge in [0, 0.05) is 49.1 Å². The van der Waals surface area contributed by atoms with Crippen molar-refractivity contribution in [2.45, 2.75) is 0 Å². The lowest BCUT2D eigenvalue weighted by Gasteiger charge is -2.12. The van der Waals surface area contributed by atoms with Crippen LogP contribution >= 0.6 is 0 Å². The number of para-hydroxylation sites is 3. The topological polar surface area (TPSA) is 61.7 Å². The molecule has 0 aliphatic heterocycles. The van der Waals surface area contributed by atoms with Gasteiger partial charge in [-0.05, 0) is 65.7 Å². The van der Waals surface area contributed by atoms with Crippen molar-refractivity contribution in [2.75, 3.05) is 0 Å². The van der Waals surface area contributed by atoms with Gasteiger partial charge in [-0.15, -0.1) is 0 Å². The Kier molecular flexibility index (Phi) is 6.83. The van der Waals surface area contributed by atoms with Gasteiger partial charge in [0.15, 0.2) is 11.6 Å². The van der Waals surface area contributed by atoms with Crippen LogP contribution in [0.5, 0.6) is 0 Å². The molecule has 4 heterocycles. The molecule has 266 valence electrons. The van der Waals surface area contributed by atoms with E-state index in [9.17, 15) is 0 Å². The quantitative estimate of drug-likeness (QED) is 0.177. The normalized spacial score (nSPS) is 11.9. The molecule has 0 aliphatic carbocycles. The van der Waals surface area contributed by atoms with Crippen LogP contribution in [0.15, 0.2) is 192 Å². The zero-order valence-electron chi connectivity index (χ0n) is 30.5. The second-order valence-electron chi connectivity index (χ2n) is 14.5. The van der Waals surface area contributed by atoms with E-state index in [4.69, 9.17) is 19.4 Å². The summed E-state index contributed by atoms with van der Waals surface area (Å²) in [6.07, 6.45) is 0. The van der Waals surface area contributed by atoms with Crippen LogP contribution in [0.2, 0.25) is 0 Å². The van der Waals surface area contributed by atoms with E-state index in [-0.39, 0.29) is 0 Å². The van der Waals surface area contributed by atoms with Gasteiger partial charge >= 0.3 is 0 Å². The maximum absolute atomic E-state index is 6.16. The van der Waals surface area contributed by atoms with E-state index in [2.05, 4.69) is 124 Å². The number of hydrogen-bond acceptors (Lipinski definition) is 4. The molecule has 12 rings (SSSR count). The van der Waals surface area contributed by atoms with Crippen LogP contribution in [0.25, 0.3) is 111 Å². The maximum atomic E-state index is 6.16. The van der Waals surface area contributed by atoms with Gasteiger partial charge in [0.1, 0.15) is 11.2 Å². The summed E-state index contributed by atoms with van der Waals surface area (Å²) < 4.78 is 10.8. The minimum absolute atomic E-state index is 0.570. The van der Waals surface area contributed by atoms with E-state index < -0.39 is 0 Å². The van der Waals surface area contributed by atoms with Crippen molar-refractivity contribution in [2.24, 2.45) is 0 Å². The minimum atomic E-state index is 0.570. The first-order valence-corrected chi connectivity index (χ1v) is 19.1. The maximum Gasteiger partial charge on any atom is 0.238 e. The second-order valence-corrected chi connectivity index (χ2v) is 14.5. The molecule has 0 spiro atoms. The molecule has 0 unspecified atom stereocenters. The summed E-state index contributed by atoms with van der Waals surface area (Å²) in [5.74, 6) is 1.82. The largest absolute Gasteiger partial charge is 0.456 e. The lowest BCUT2D eigenvalue weighted by molar-refractivity contribution is 0.669. The molecule has 6 heteroatoms. The Morgan fingerprint density at radius 3 is 1.56 bits per heavy atom. The molecule has 57 heavy (non-hydrogen) atoms. The number of nitrogens with zero attached hydrogens (tertiary/aromatic N) is 5. The van der Waals surface area contributed by atoms with Crippen molar-refractivity contribution in [1.82, 2.24) is 24.1 Å². The first kappa shape index (κ1) is 31.5. The van der Waals surface area contributed by atoms with Crippen molar-refractivity contribution in [1.29, 1.82) is 0 Å². The monoisotopic (exact) mass is 729 g/mol. The molecule has 0 saturated carbocycles. The third-order valence-electron chi connectivity index (χ3n) is 11.2. The molecule has 12 aromatic rings. The number of hydrogen-bond donors (Lipinski definition) is 0. The SMILES string of the molecule is c1ccc(-c2nc(-c3ccccc3)nc(-n3c4ccccc4c4cc5c6ccccc6n(-c6cccc(-c7ccc8oc9ccccc9c8c7)c6)c5cc43)n2)cc1. The first-order chi connectivity index (χ1) is 28.2. The molecule has 0 atom stereocenters. The van der Waals surface area contributed by atoms with Gasteiger partial charge in [0.2, 0.25) is 5.95 Å².